The van der Waals surface area contributed by atoms with E-state index >= 15 is 0 Å². The summed E-state index contributed by atoms with van der Waals surface area (Å²) in [5.74, 6) is -0.186. The summed E-state index contributed by atoms with van der Waals surface area (Å²) in [4.78, 5) is 17.1. The lowest BCUT2D eigenvalue weighted by molar-refractivity contribution is 0.0954. The molecule has 0 unspecified atom stereocenters. The van der Waals surface area contributed by atoms with E-state index in [2.05, 4.69) is 42.3 Å². The minimum absolute atomic E-state index is 0.0684. The zero-order valence-corrected chi connectivity index (χ0v) is 18.7. The van der Waals surface area contributed by atoms with Crippen LogP contribution in [0.3, 0.4) is 0 Å². The van der Waals surface area contributed by atoms with Crippen LogP contribution < -0.4 is 10.5 Å². The normalized spacial score (nSPS) is 11.6. The van der Waals surface area contributed by atoms with Gasteiger partial charge in [-0.15, -0.1) is 0 Å². The van der Waals surface area contributed by atoms with Crippen molar-refractivity contribution in [3.63, 3.8) is 0 Å². The van der Waals surface area contributed by atoms with Crippen LogP contribution in [0.15, 0.2) is 71.9 Å². The molecule has 0 atom stereocenters. The molecule has 1 amide bonds. The lowest BCUT2D eigenvalue weighted by atomic mass is 10.1. The summed E-state index contributed by atoms with van der Waals surface area (Å²) in [5.41, 5.74) is 6.54. The fraction of sp³-hybridized carbons (Fsp3) is 0.167. The number of aryl methyl sites for hydroxylation is 2. The average molecular weight is 449 g/mol. The minimum Gasteiger partial charge on any atom is -0.352 e. The van der Waals surface area contributed by atoms with Crippen molar-refractivity contribution in [1.29, 1.82) is 0 Å². The molecule has 0 saturated heterocycles. The van der Waals surface area contributed by atoms with Gasteiger partial charge in [0.1, 0.15) is 6.33 Å². The Labute approximate surface area is 187 Å². The van der Waals surface area contributed by atoms with Crippen LogP contribution in [0.5, 0.6) is 0 Å². The van der Waals surface area contributed by atoms with Crippen LogP contribution in [0.25, 0.3) is 16.7 Å². The van der Waals surface area contributed by atoms with E-state index in [9.17, 15) is 13.2 Å². The zero-order valence-electron chi connectivity index (χ0n) is 17.9. The predicted molar refractivity (Wildman–Crippen MR) is 124 cm³/mol. The zero-order chi connectivity index (χ0) is 22.9. The Balaban J connectivity index is 1.44. The molecule has 0 fully saturated rings. The van der Waals surface area contributed by atoms with E-state index in [0.29, 0.717) is 18.5 Å². The predicted octanol–water partition coefficient (Wildman–Crippen LogP) is 3.26. The number of nitrogens with one attached hydrogen (secondary N) is 1. The highest BCUT2D eigenvalue weighted by Gasteiger charge is 2.12. The molecule has 0 aliphatic heterocycles. The van der Waals surface area contributed by atoms with Gasteiger partial charge in [-0.05, 0) is 67.8 Å². The topological polar surface area (TPSA) is 107 Å². The number of amides is 1. The maximum absolute atomic E-state index is 12.6. The first-order valence-corrected chi connectivity index (χ1v) is 11.7. The van der Waals surface area contributed by atoms with E-state index < -0.39 is 10.0 Å². The van der Waals surface area contributed by atoms with Gasteiger partial charge in [0.25, 0.3) is 5.91 Å². The summed E-state index contributed by atoms with van der Waals surface area (Å²) in [6.45, 7) is 4.55. The number of carbonyl (C=O) groups excluding carboxylic acids is 1. The number of benzene rings is 3. The SMILES string of the molecule is Cc1ccc(-n2cnc3cc(C(=O)NCCc4ccc(S(N)(=O)=O)cc4)ccc32)c(C)c1. The number of sulfonamides is 1. The van der Waals surface area contributed by atoms with E-state index in [1.807, 2.05) is 10.6 Å². The average Bonchev–Trinajstić information content (AvgIpc) is 3.16. The van der Waals surface area contributed by atoms with E-state index in [1.165, 1.54) is 17.7 Å². The molecule has 4 aromatic rings. The Morgan fingerprint density at radius 2 is 1.78 bits per heavy atom. The lowest BCUT2D eigenvalue weighted by Gasteiger charge is -2.10. The summed E-state index contributed by atoms with van der Waals surface area (Å²) < 4.78 is 24.7. The Bertz CT molecular complexity index is 1410. The van der Waals surface area contributed by atoms with Crippen molar-refractivity contribution in [3.8, 4) is 5.69 Å². The van der Waals surface area contributed by atoms with Gasteiger partial charge in [-0.2, -0.15) is 0 Å². The van der Waals surface area contributed by atoms with Crippen LogP contribution in [-0.4, -0.2) is 30.4 Å². The molecule has 0 saturated carbocycles. The number of carbonyl (C=O) groups is 1. The van der Waals surface area contributed by atoms with Gasteiger partial charge in [0.2, 0.25) is 10.0 Å². The highest BCUT2D eigenvalue weighted by atomic mass is 32.2. The van der Waals surface area contributed by atoms with Crippen LogP contribution in [0.4, 0.5) is 0 Å². The number of imidazole rings is 1. The van der Waals surface area contributed by atoms with Crippen LogP contribution >= 0.6 is 0 Å². The molecular formula is C24H24N4O3S. The Morgan fingerprint density at radius 3 is 2.47 bits per heavy atom. The van der Waals surface area contributed by atoms with Gasteiger partial charge in [0.15, 0.2) is 0 Å². The van der Waals surface area contributed by atoms with Crippen molar-refractivity contribution >= 4 is 27.0 Å². The maximum Gasteiger partial charge on any atom is 0.251 e. The summed E-state index contributed by atoms with van der Waals surface area (Å²) in [6, 6.07) is 18.1. The highest BCUT2D eigenvalue weighted by molar-refractivity contribution is 7.89. The van der Waals surface area contributed by atoms with Gasteiger partial charge in [-0.1, -0.05) is 29.8 Å². The fourth-order valence-electron chi connectivity index (χ4n) is 3.69. The number of nitrogens with zero attached hydrogens (tertiary/aromatic N) is 2. The molecule has 0 bridgehead atoms. The number of hydrogen-bond donors (Lipinski definition) is 2. The molecule has 0 radical (unpaired) electrons. The van der Waals surface area contributed by atoms with Crippen molar-refractivity contribution in [2.75, 3.05) is 6.54 Å². The Hall–Kier alpha value is -3.49. The molecule has 1 heterocycles. The van der Waals surface area contributed by atoms with E-state index in [-0.39, 0.29) is 10.8 Å². The smallest absolute Gasteiger partial charge is 0.251 e. The summed E-state index contributed by atoms with van der Waals surface area (Å²) in [7, 11) is -3.71. The third kappa shape index (κ3) is 4.56. The van der Waals surface area contributed by atoms with Crippen molar-refractivity contribution in [3.05, 3.63) is 89.2 Å². The van der Waals surface area contributed by atoms with Crippen molar-refractivity contribution in [2.45, 2.75) is 25.2 Å². The molecule has 164 valence electrons. The first-order chi connectivity index (χ1) is 15.2. The molecule has 3 N–H and O–H groups in total. The van der Waals surface area contributed by atoms with Crippen molar-refractivity contribution < 1.29 is 13.2 Å². The number of primary sulfonamides is 1. The van der Waals surface area contributed by atoms with Gasteiger partial charge in [0.05, 0.1) is 21.6 Å². The standard InChI is InChI=1S/C24H24N4O3S/c1-16-3-9-22(17(2)13-16)28-15-27-21-14-19(6-10-23(21)28)24(29)26-12-11-18-4-7-20(8-5-18)32(25,30)31/h3-10,13-15H,11-12H2,1-2H3,(H,26,29)(H2,25,30,31). The minimum atomic E-state index is -3.71. The molecule has 3 aromatic carbocycles. The van der Waals surface area contributed by atoms with E-state index in [4.69, 9.17) is 5.14 Å². The first kappa shape index (κ1) is 21.7. The number of fused-ring (bicyclic) bond motifs is 1. The number of hydrogen-bond acceptors (Lipinski definition) is 4. The second-order valence-electron chi connectivity index (χ2n) is 7.80. The van der Waals surface area contributed by atoms with Gasteiger partial charge in [-0.3, -0.25) is 9.36 Å². The molecule has 1 aromatic heterocycles. The van der Waals surface area contributed by atoms with Crippen molar-refractivity contribution in [1.82, 2.24) is 14.9 Å². The van der Waals surface area contributed by atoms with Gasteiger partial charge < -0.3 is 5.32 Å². The van der Waals surface area contributed by atoms with Crippen molar-refractivity contribution in [2.24, 2.45) is 5.14 Å². The van der Waals surface area contributed by atoms with E-state index in [1.54, 1.807) is 30.6 Å². The third-order valence-electron chi connectivity index (χ3n) is 5.37. The number of aromatic nitrogens is 2. The molecule has 8 heteroatoms. The maximum atomic E-state index is 12.6. The van der Waals surface area contributed by atoms with Crippen LogP contribution in [-0.2, 0) is 16.4 Å². The highest BCUT2D eigenvalue weighted by Crippen LogP contribution is 2.22. The van der Waals surface area contributed by atoms with E-state index in [0.717, 1.165) is 27.8 Å². The molecule has 4 rings (SSSR count). The second kappa shape index (κ2) is 8.57. The van der Waals surface area contributed by atoms with Crippen LogP contribution in [0.2, 0.25) is 0 Å². The lowest BCUT2D eigenvalue weighted by Crippen LogP contribution is -2.25. The van der Waals surface area contributed by atoms with Gasteiger partial charge >= 0.3 is 0 Å². The monoisotopic (exact) mass is 448 g/mol. The first-order valence-electron chi connectivity index (χ1n) is 10.2. The second-order valence-corrected chi connectivity index (χ2v) is 9.36. The molecule has 0 aliphatic carbocycles. The summed E-state index contributed by atoms with van der Waals surface area (Å²) in [6.07, 6.45) is 2.34. The molecular weight excluding hydrogens is 424 g/mol. The largest absolute Gasteiger partial charge is 0.352 e. The molecule has 0 spiro atoms. The summed E-state index contributed by atoms with van der Waals surface area (Å²) >= 11 is 0. The Kier molecular flexibility index (Phi) is 5.82. The van der Waals surface area contributed by atoms with Gasteiger partial charge in [-0.25, -0.2) is 18.5 Å². The quantitative estimate of drug-likeness (QED) is 0.472. The molecule has 7 nitrogen and oxygen atoms in total. The van der Waals surface area contributed by atoms with Crippen LogP contribution in [0.1, 0.15) is 27.0 Å². The number of nitrogens with two attached hydrogens (primary N) is 1. The molecule has 32 heavy (non-hydrogen) atoms. The van der Waals surface area contributed by atoms with Gasteiger partial charge in [0, 0.05) is 12.1 Å². The Morgan fingerprint density at radius 1 is 1.03 bits per heavy atom. The molecule has 0 aliphatic rings. The number of rotatable bonds is 6. The van der Waals surface area contributed by atoms with Crippen LogP contribution in [0, 0.1) is 13.8 Å². The summed E-state index contributed by atoms with van der Waals surface area (Å²) in [5, 5.41) is 8.00. The fourth-order valence-corrected chi connectivity index (χ4v) is 4.21. The third-order valence-corrected chi connectivity index (χ3v) is 6.30.